The maximum absolute atomic E-state index is 12.5. The van der Waals surface area contributed by atoms with E-state index in [1.165, 1.54) is 0 Å². The number of nitrogens with one attached hydrogen (secondary N) is 1. The Kier molecular flexibility index (Phi) is 3.16. The molecule has 21 heavy (non-hydrogen) atoms. The van der Waals surface area contributed by atoms with Gasteiger partial charge in [0.25, 0.3) is 0 Å². The van der Waals surface area contributed by atoms with Crippen molar-refractivity contribution in [1.82, 2.24) is 5.32 Å². The molecule has 0 spiro atoms. The Morgan fingerprint density at radius 1 is 1.24 bits per heavy atom. The van der Waals surface area contributed by atoms with Crippen LogP contribution >= 0.6 is 0 Å². The minimum Gasteiger partial charge on any atom is -0.481 e. The van der Waals surface area contributed by atoms with Crippen molar-refractivity contribution in [2.24, 2.45) is 23.7 Å². The highest BCUT2D eigenvalue weighted by Crippen LogP contribution is 2.48. The number of hydrogen-bond donors (Lipinski definition) is 2. The van der Waals surface area contributed by atoms with E-state index >= 15 is 0 Å². The van der Waals surface area contributed by atoms with E-state index in [4.69, 9.17) is 0 Å². The van der Waals surface area contributed by atoms with Gasteiger partial charge in [-0.3, -0.25) is 9.59 Å². The molecule has 5 atom stereocenters. The van der Waals surface area contributed by atoms with Crippen LogP contribution in [0.4, 0.5) is 0 Å². The largest absolute Gasteiger partial charge is 0.481 e. The SMILES string of the molecule is C[C@]1(NC(=O)[C@@H]2[C@H](C(=O)O)[C@H]3C=C[C@H]2C3)CCS(=O)(=O)C1. The maximum atomic E-state index is 12.5. The molecule has 1 saturated heterocycles. The summed E-state index contributed by atoms with van der Waals surface area (Å²) in [6, 6.07) is 0. The third-order valence-corrected chi connectivity index (χ3v) is 6.88. The number of carbonyl (C=O) groups is 2. The molecule has 0 aromatic carbocycles. The fraction of sp³-hybridized carbons (Fsp3) is 0.714. The van der Waals surface area contributed by atoms with Crippen molar-refractivity contribution in [3.05, 3.63) is 12.2 Å². The van der Waals surface area contributed by atoms with Crippen LogP contribution < -0.4 is 5.32 Å². The molecule has 1 heterocycles. The lowest BCUT2D eigenvalue weighted by atomic mass is 9.82. The molecule has 2 aliphatic carbocycles. The van der Waals surface area contributed by atoms with Gasteiger partial charge in [-0.05, 0) is 31.6 Å². The number of amides is 1. The van der Waals surface area contributed by atoms with Crippen molar-refractivity contribution in [2.75, 3.05) is 11.5 Å². The number of carboxylic acid groups (broad SMARTS) is 1. The lowest BCUT2D eigenvalue weighted by Gasteiger charge is -2.30. The Morgan fingerprint density at radius 2 is 1.86 bits per heavy atom. The fourth-order valence-corrected chi connectivity index (χ4v) is 6.10. The summed E-state index contributed by atoms with van der Waals surface area (Å²) in [6.07, 6.45) is 4.89. The molecule has 7 heteroatoms. The number of fused-ring (bicyclic) bond motifs is 2. The van der Waals surface area contributed by atoms with E-state index in [0.717, 1.165) is 0 Å². The first-order chi connectivity index (χ1) is 9.71. The Morgan fingerprint density at radius 3 is 2.38 bits per heavy atom. The molecule has 3 aliphatic rings. The van der Waals surface area contributed by atoms with Crippen LogP contribution in [0.2, 0.25) is 0 Å². The zero-order chi connectivity index (χ0) is 15.4. The van der Waals surface area contributed by atoms with E-state index in [1.807, 2.05) is 12.2 Å². The number of aliphatic carboxylic acids is 1. The minimum atomic E-state index is -3.11. The van der Waals surface area contributed by atoms with Gasteiger partial charge in [0.05, 0.1) is 28.9 Å². The van der Waals surface area contributed by atoms with Crippen LogP contribution in [-0.2, 0) is 19.4 Å². The van der Waals surface area contributed by atoms with Gasteiger partial charge in [-0.2, -0.15) is 0 Å². The number of sulfone groups is 1. The van der Waals surface area contributed by atoms with Crippen molar-refractivity contribution in [2.45, 2.75) is 25.3 Å². The van der Waals surface area contributed by atoms with Gasteiger partial charge in [0.1, 0.15) is 0 Å². The highest BCUT2D eigenvalue weighted by atomic mass is 32.2. The first-order valence-electron chi connectivity index (χ1n) is 7.14. The molecule has 1 amide bonds. The summed E-state index contributed by atoms with van der Waals surface area (Å²) in [5.41, 5.74) is -0.773. The maximum Gasteiger partial charge on any atom is 0.307 e. The smallest absolute Gasteiger partial charge is 0.307 e. The van der Waals surface area contributed by atoms with Gasteiger partial charge in [-0.25, -0.2) is 8.42 Å². The summed E-state index contributed by atoms with van der Waals surface area (Å²) in [5.74, 6) is -2.67. The highest BCUT2D eigenvalue weighted by Gasteiger charge is 2.53. The van der Waals surface area contributed by atoms with Crippen molar-refractivity contribution in [3.8, 4) is 0 Å². The molecule has 0 radical (unpaired) electrons. The van der Waals surface area contributed by atoms with E-state index < -0.39 is 33.2 Å². The third-order valence-electron chi connectivity index (χ3n) is 4.98. The minimum absolute atomic E-state index is 0.0438. The lowest BCUT2D eigenvalue weighted by molar-refractivity contribution is -0.148. The first kappa shape index (κ1) is 14.6. The Bertz CT molecular complexity index is 625. The summed E-state index contributed by atoms with van der Waals surface area (Å²) in [4.78, 5) is 23.9. The zero-order valence-electron chi connectivity index (χ0n) is 11.8. The van der Waals surface area contributed by atoms with E-state index in [-0.39, 0.29) is 29.2 Å². The van der Waals surface area contributed by atoms with E-state index in [1.54, 1.807) is 6.92 Å². The molecule has 2 bridgehead atoms. The number of carboxylic acids is 1. The normalized spacial score (nSPS) is 43.1. The summed E-state index contributed by atoms with van der Waals surface area (Å²) in [7, 11) is -3.11. The molecule has 2 fully saturated rings. The van der Waals surface area contributed by atoms with Crippen LogP contribution in [0, 0.1) is 23.7 Å². The summed E-state index contributed by atoms with van der Waals surface area (Å²) in [6.45, 7) is 1.72. The van der Waals surface area contributed by atoms with Crippen molar-refractivity contribution in [3.63, 3.8) is 0 Å². The standard InChI is InChI=1S/C14H19NO5S/c1-14(4-5-21(19,20)7-14)15-12(16)10-8-2-3-9(6-8)11(10)13(17)18/h2-3,8-11H,4-7H2,1H3,(H,15,16)(H,17,18)/t8-,9-,10-,11+,14-/m0/s1. The van der Waals surface area contributed by atoms with Crippen molar-refractivity contribution in [1.29, 1.82) is 0 Å². The van der Waals surface area contributed by atoms with Gasteiger partial charge in [-0.1, -0.05) is 12.2 Å². The summed E-state index contributed by atoms with van der Waals surface area (Å²) >= 11 is 0. The van der Waals surface area contributed by atoms with Gasteiger partial charge >= 0.3 is 5.97 Å². The van der Waals surface area contributed by atoms with E-state index in [0.29, 0.717) is 12.8 Å². The Hall–Kier alpha value is -1.37. The second-order valence-corrected chi connectivity index (χ2v) is 8.91. The van der Waals surface area contributed by atoms with Gasteiger partial charge in [-0.15, -0.1) is 0 Å². The van der Waals surface area contributed by atoms with E-state index in [2.05, 4.69) is 5.32 Å². The average molecular weight is 313 g/mol. The molecular formula is C14H19NO5S. The fourth-order valence-electron chi connectivity index (χ4n) is 4.01. The molecule has 3 rings (SSSR count). The Balaban J connectivity index is 1.77. The molecule has 116 valence electrons. The number of allylic oxidation sites excluding steroid dienone is 2. The quantitative estimate of drug-likeness (QED) is 0.725. The first-order valence-corrected chi connectivity index (χ1v) is 8.96. The average Bonchev–Trinajstić information content (AvgIpc) is 3.01. The summed E-state index contributed by atoms with van der Waals surface area (Å²) in [5, 5.41) is 12.2. The Labute approximate surface area is 123 Å². The predicted octanol–water partition coefficient (Wildman–Crippen LogP) is 0.203. The van der Waals surface area contributed by atoms with Gasteiger partial charge < -0.3 is 10.4 Å². The van der Waals surface area contributed by atoms with Crippen LogP contribution in [0.15, 0.2) is 12.2 Å². The van der Waals surface area contributed by atoms with Crippen LogP contribution in [0.1, 0.15) is 19.8 Å². The monoisotopic (exact) mass is 313 g/mol. The number of rotatable bonds is 3. The number of carbonyl (C=O) groups excluding carboxylic acids is 1. The third kappa shape index (κ3) is 2.47. The second kappa shape index (κ2) is 4.56. The molecular weight excluding hydrogens is 294 g/mol. The molecule has 2 N–H and O–H groups in total. The molecule has 1 saturated carbocycles. The van der Waals surface area contributed by atoms with Crippen molar-refractivity contribution >= 4 is 21.7 Å². The van der Waals surface area contributed by atoms with Crippen LogP contribution in [0.3, 0.4) is 0 Å². The molecule has 0 aromatic rings. The van der Waals surface area contributed by atoms with Crippen LogP contribution in [0.5, 0.6) is 0 Å². The second-order valence-electron chi connectivity index (χ2n) is 6.73. The van der Waals surface area contributed by atoms with Gasteiger partial charge in [0.15, 0.2) is 9.84 Å². The van der Waals surface area contributed by atoms with Gasteiger partial charge in [0.2, 0.25) is 5.91 Å². The molecule has 6 nitrogen and oxygen atoms in total. The van der Waals surface area contributed by atoms with Crippen LogP contribution in [-0.4, -0.2) is 42.4 Å². The molecule has 1 aliphatic heterocycles. The number of hydrogen-bond acceptors (Lipinski definition) is 4. The molecule has 0 unspecified atom stereocenters. The van der Waals surface area contributed by atoms with E-state index in [9.17, 15) is 23.1 Å². The van der Waals surface area contributed by atoms with Gasteiger partial charge in [0, 0.05) is 0 Å². The van der Waals surface area contributed by atoms with Crippen molar-refractivity contribution < 1.29 is 23.1 Å². The zero-order valence-corrected chi connectivity index (χ0v) is 12.6. The molecule has 0 aromatic heterocycles. The lowest BCUT2D eigenvalue weighted by Crippen LogP contribution is -2.51. The summed E-state index contributed by atoms with van der Waals surface area (Å²) < 4.78 is 23.2. The topological polar surface area (TPSA) is 101 Å². The predicted molar refractivity (Wildman–Crippen MR) is 75.2 cm³/mol. The highest BCUT2D eigenvalue weighted by molar-refractivity contribution is 7.91. The van der Waals surface area contributed by atoms with Crippen LogP contribution in [0.25, 0.3) is 0 Å².